The van der Waals surface area contributed by atoms with E-state index in [4.69, 9.17) is 9.47 Å². The van der Waals surface area contributed by atoms with E-state index < -0.39 is 0 Å². The van der Waals surface area contributed by atoms with Crippen LogP contribution in [0.25, 0.3) is 0 Å². The third kappa shape index (κ3) is 2.64. The Labute approximate surface area is 119 Å². The van der Waals surface area contributed by atoms with Gasteiger partial charge in [0, 0.05) is 13.1 Å². The van der Waals surface area contributed by atoms with Gasteiger partial charge in [-0.1, -0.05) is 30.3 Å². The second-order valence-corrected chi connectivity index (χ2v) is 5.41. The minimum Gasteiger partial charge on any atom is -0.505 e. The summed E-state index contributed by atoms with van der Waals surface area (Å²) in [5.74, 6) is 1.75. The van der Waals surface area contributed by atoms with Gasteiger partial charge >= 0.3 is 6.09 Å². The first kappa shape index (κ1) is 13.0. The van der Waals surface area contributed by atoms with E-state index in [0.717, 1.165) is 18.7 Å². The van der Waals surface area contributed by atoms with Crippen LogP contribution in [-0.2, 0) is 16.1 Å². The van der Waals surface area contributed by atoms with E-state index >= 15 is 0 Å². The van der Waals surface area contributed by atoms with Crippen LogP contribution in [0.3, 0.4) is 0 Å². The molecule has 1 heterocycles. The zero-order valence-electron chi connectivity index (χ0n) is 11.6. The van der Waals surface area contributed by atoms with Crippen LogP contribution in [0.15, 0.2) is 42.7 Å². The second kappa shape index (κ2) is 5.57. The highest BCUT2D eigenvalue weighted by Gasteiger charge is 2.55. The van der Waals surface area contributed by atoms with Gasteiger partial charge in [0.25, 0.3) is 0 Å². The summed E-state index contributed by atoms with van der Waals surface area (Å²) in [5.41, 5.74) is 1.02. The van der Waals surface area contributed by atoms with Crippen molar-refractivity contribution < 1.29 is 14.3 Å². The Balaban J connectivity index is 1.44. The summed E-state index contributed by atoms with van der Waals surface area (Å²) in [7, 11) is 1.65. The molecule has 0 radical (unpaired) electrons. The van der Waals surface area contributed by atoms with Crippen LogP contribution in [0.4, 0.5) is 4.79 Å². The standard InChI is InChI=1S/C16H19NO3/c1-19-8-7-13-14-9-17(10-15(13)14)16(18)20-11-12-5-3-2-4-6-12/h2-8,13-15H,9-11H2,1H3/b8-7+/t13-,14-,15+. The Morgan fingerprint density at radius 2 is 2.00 bits per heavy atom. The Hall–Kier alpha value is -1.97. The molecule has 1 aliphatic heterocycles. The van der Waals surface area contributed by atoms with Gasteiger partial charge in [-0.15, -0.1) is 0 Å². The summed E-state index contributed by atoms with van der Waals surface area (Å²) in [4.78, 5) is 13.8. The molecule has 0 aromatic heterocycles. The lowest BCUT2D eigenvalue weighted by Gasteiger charge is -2.18. The van der Waals surface area contributed by atoms with Crippen LogP contribution < -0.4 is 0 Å². The van der Waals surface area contributed by atoms with Gasteiger partial charge in [-0.2, -0.15) is 0 Å². The van der Waals surface area contributed by atoms with Gasteiger partial charge in [0.2, 0.25) is 0 Å². The number of ether oxygens (including phenoxy) is 2. The normalized spacial score (nSPS) is 27.4. The first-order chi connectivity index (χ1) is 9.79. The zero-order valence-corrected chi connectivity index (χ0v) is 11.6. The number of benzene rings is 1. The zero-order chi connectivity index (χ0) is 13.9. The van der Waals surface area contributed by atoms with Gasteiger partial charge in [-0.25, -0.2) is 4.79 Å². The number of fused-ring (bicyclic) bond motifs is 1. The number of amides is 1. The SMILES string of the molecule is CO/C=C/[C@@H]1[C@H]2CN(C(=O)OCc3ccccc3)C[C@@H]12. The lowest BCUT2D eigenvalue weighted by molar-refractivity contribution is 0.0994. The molecule has 0 unspecified atom stereocenters. The van der Waals surface area contributed by atoms with E-state index in [1.807, 2.05) is 35.2 Å². The Morgan fingerprint density at radius 1 is 1.30 bits per heavy atom. The van der Waals surface area contributed by atoms with Crippen LogP contribution in [0, 0.1) is 17.8 Å². The first-order valence-corrected chi connectivity index (χ1v) is 6.94. The number of rotatable bonds is 4. The molecule has 1 amide bonds. The van der Waals surface area contributed by atoms with Crippen molar-refractivity contribution in [2.24, 2.45) is 17.8 Å². The molecule has 1 saturated carbocycles. The maximum atomic E-state index is 12.0. The third-order valence-electron chi connectivity index (χ3n) is 4.16. The second-order valence-electron chi connectivity index (χ2n) is 5.41. The minimum atomic E-state index is -0.199. The molecule has 20 heavy (non-hydrogen) atoms. The van der Waals surface area contributed by atoms with Crippen LogP contribution in [0.1, 0.15) is 5.56 Å². The van der Waals surface area contributed by atoms with Crippen LogP contribution >= 0.6 is 0 Å². The fourth-order valence-electron chi connectivity index (χ4n) is 2.99. The largest absolute Gasteiger partial charge is 0.505 e. The van der Waals surface area contributed by atoms with Gasteiger partial charge in [0.1, 0.15) is 6.61 Å². The molecule has 0 spiro atoms. The number of carbonyl (C=O) groups is 1. The monoisotopic (exact) mass is 273 g/mol. The van der Waals surface area contributed by atoms with Gasteiger partial charge in [0.15, 0.2) is 0 Å². The number of nitrogens with zero attached hydrogens (tertiary/aromatic N) is 1. The molecule has 0 N–H and O–H groups in total. The van der Waals surface area contributed by atoms with Crippen LogP contribution in [0.2, 0.25) is 0 Å². The molecule has 4 nitrogen and oxygen atoms in total. The Bertz CT molecular complexity index is 488. The molecule has 1 aromatic carbocycles. The average molecular weight is 273 g/mol. The number of methoxy groups -OCH3 is 1. The summed E-state index contributed by atoms with van der Waals surface area (Å²) in [6.07, 6.45) is 3.64. The molecule has 1 saturated heterocycles. The number of likely N-dealkylation sites (tertiary alicyclic amines) is 1. The molecular weight excluding hydrogens is 254 g/mol. The van der Waals surface area contributed by atoms with E-state index in [9.17, 15) is 4.79 Å². The fraction of sp³-hybridized carbons (Fsp3) is 0.438. The molecule has 3 atom stereocenters. The summed E-state index contributed by atoms with van der Waals surface area (Å²) in [5, 5.41) is 0. The molecule has 2 fully saturated rings. The topological polar surface area (TPSA) is 38.8 Å². The number of hydrogen-bond donors (Lipinski definition) is 0. The Kier molecular flexibility index (Phi) is 3.63. The van der Waals surface area contributed by atoms with Crippen molar-refractivity contribution in [2.75, 3.05) is 20.2 Å². The predicted molar refractivity (Wildman–Crippen MR) is 74.8 cm³/mol. The van der Waals surface area contributed by atoms with Crippen molar-refractivity contribution in [3.8, 4) is 0 Å². The molecule has 106 valence electrons. The lowest BCUT2D eigenvalue weighted by Crippen LogP contribution is -2.31. The van der Waals surface area contributed by atoms with Crippen molar-refractivity contribution in [2.45, 2.75) is 6.61 Å². The smallest absolute Gasteiger partial charge is 0.410 e. The molecule has 0 bridgehead atoms. The molecule has 3 rings (SSSR count). The van der Waals surface area contributed by atoms with Crippen molar-refractivity contribution in [3.63, 3.8) is 0 Å². The highest BCUT2D eigenvalue weighted by atomic mass is 16.6. The van der Waals surface area contributed by atoms with E-state index in [-0.39, 0.29) is 6.09 Å². The average Bonchev–Trinajstić information content (AvgIpc) is 2.93. The maximum absolute atomic E-state index is 12.0. The number of piperidine rings is 1. The van der Waals surface area contributed by atoms with E-state index in [1.54, 1.807) is 13.4 Å². The minimum absolute atomic E-state index is 0.199. The van der Waals surface area contributed by atoms with Crippen molar-refractivity contribution in [1.82, 2.24) is 4.90 Å². The van der Waals surface area contributed by atoms with Gasteiger partial charge < -0.3 is 14.4 Å². The summed E-state index contributed by atoms with van der Waals surface area (Å²) in [6.45, 7) is 1.95. The van der Waals surface area contributed by atoms with Gasteiger partial charge in [-0.05, 0) is 29.4 Å². The highest BCUT2D eigenvalue weighted by molar-refractivity contribution is 5.68. The summed E-state index contributed by atoms with van der Waals surface area (Å²) < 4.78 is 10.3. The van der Waals surface area contributed by atoms with Crippen molar-refractivity contribution in [3.05, 3.63) is 48.2 Å². The summed E-state index contributed by atoms with van der Waals surface area (Å²) >= 11 is 0. The Morgan fingerprint density at radius 3 is 2.65 bits per heavy atom. The fourth-order valence-corrected chi connectivity index (χ4v) is 2.99. The maximum Gasteiger partial charge on any atom is 0.410 e. The van der Waals surface area contributed by atoms with Crippen molar-refractivity contribution >= 4 is 6.09 Å². The van der Waals surface area contributed by atoms with Gasteiger partial charge in [-0.3, -0.25) is 0 Å². The van der Waals surface area contributed by atoms with E-state index in [1.165, 1.54) is 0 Å². The number of hydrogen-bond acceptors (Lipinski definition) is 3. The predicted octanol–water partition coefficient (Wildman–Crippen LogP) is 2.66. The molecule has 4 heteroatoms. The van der Waals surface area contributed by atoms with Gasteiger partial charge in [0.05, 0.1) is 13.4 Å². The quantitative estimate of drug-likeness (QED) is 0.792. The first-order valence-electron chi connectivity index (χ1n) is 6.94. The molecule has 1 aromatic rings. The lowest BCUT2D eigenvalue weighted by atomic mass is 10.2. The highest BCUT2D eigenvalue weighted by Crippen LogP contribution is 2.52. The van der Waals surface area contributed by atoms with E-state index in [2.05, 4.69) is 6.08 Å². The van der Waals surface area contributed by atoms with Crippen LogP contribution in [-0.4, -0.2) is 31.2 Å². The van der Waals surface area contributed by atoms with Crippen LogP contribution in [0.5, 0.6) is 0 Å². The molecule has 2 aliphatic rings. The van der Waals surface area contributed by atoms with Crippen molar-refractivity contribution in [1.29, 1.82) is 0 Å². The molecular formula is C16H19NO3. The molecule has 1 aliphatic carbocycles. The third-order valence-corrected chi connectivity index (χ3v) is 4.16. The van der Waals surface area contributed by atoms with E-state index in [0.29, 0.717) is 24.4 Å². The number of allylic oxidation sites excluding steroid dienone is 1. The summed E-state index contributed by atoms with van der Waals surface area (Å²) in [6, 6.07) is 9.76. The number of carbonyl (C=O) groups excluding carboxylic acids is 1.